The Labute approximate surface area is 139 Å². The van der Waals surface area contributed by atoms with Crippen LogP contribution in [0.25, 0.3) is 0 Å². The van der Waals surface area contributed by atoms with E-state index in [1.807, 2.05) is 0 Å². The van der Waals surface area contributed by atoms with Crippen molar-refractivity contribution in [1.82, 2.24) is 0 Å². The molecule has 0 aromatic heterocycles. The highest BCUT2D eigenvalue weighted by Crippen LogP contribution is 3.08. The first-order valence-electron chi connectivity index (χ1n) is 9.62. The summed E-state index contributed by atoms with van der Waals surface area (Å²) in [5.41, 5.74) is 3.45. The molecule has 0 bridgehead atoms. The van der Waals surface area contributed by atoms with Crippen LogP contribution < -0.4 is 0 Å². The van der Waals surface area contributed by atoms with Gasteiger partial charge in [0.05, 0.1) is 0 Å². The molecule has 3 aliphatic carbocycles. The highest BCUT2D eigenvalue weighted by atomic mass is 15.1. The summed E-state index contributed by atoms with van der Waals surface area (Å²) in [6, 6.07) is 0. The summed E-state index contributed by atoms with van der Waals surface area (Å²) in [6.07, 6.45) is 2.62. The van der Waals surface area contributed by atoms with Crippen LogP contribution in [0, 0.1) is 43.3 Å². The Balaban J connectivity index is 2.32. The molecule has 0 spiro atoms. The lowest BCUT2D eigenvalue weighted by Gasteiger charge is -3.07. The second-order valence-electron chi connectivity index (χ2n) is 11.1. The first kappa shape index (κ1) is 16.8. The maximum absolute atomic E-state index is 2.66. The molecular formula is C22H40. The Hall–Kier alpha value is 0. The van der Waals surface area contributed by atoms with Gasteiger partial charge in [0.1, 0.15) is 0 Å². The van der Waals surface area contributed by atoms with Crippen molar-refractivity contribution in [3.05, 3.63) is 0 Å². The minimum absolute atomic E-state index is 0.397. The van der Waals surface area contributed by atoms with Gasteiger partial charge in [0.25, 0.3) is 0 Å². The van der Waals surface area contributed by atoms with Crippen molar-refractivity contribution in [1.29, 1.82) is 0 Å². The van der Waals surface area contributed by atoms with Gasteiger partial charge in [-0.15, -0.1) is 0 Å². The fourth-order valence-corrected chi connectivity index (χ4v) is 10.4. The Morgan fingerprint density at radius 2 is 0.636 bits per heavy atom. The van der Waals surface area contributed by atoms with E-state index in [9.17, 15) is 0 Å². The fourth-order valence-electron chi connectivity index (χ4n) is 10.4. The number of rotatable bonds is 2. The van der Waals surface area contributed by atoms with Gasteiger partial charge in [0.15, 0.2) is 0 Å². The van der Waals surface area contributed by atoms with E-state index in [2.05, 4.69) is 83.1 Å². The molecule has 0 heterocycles. The SMILES string of the molecule is CCC1(C)C(C)(CC)C2(C)C3(C)C(C)(C)C(C)(C)C3(C)C12C. The molecular weight excluding hydrogens is 264 g/mol. The zero-order valence-electron chi connectivity index (χ0n) is 17.4. The van der Waals surface area contributed by atoms with E-state index < -0.39 is 0 Å². The van der Waals surface area contributed by atoms with Gasteiger partial charge >= 0.3 is 0 Å². The Morgan fingerprint density at radius 3 is 0.818 bits per heavy atom. The lowest BCUT2D eigenvalue weighted by molar-refractivity contribution is -0.609. The number of hydrogen-bond acceptors (Lipinski definition) is 0. The lowest BCUT2D eigenvalue weighted by atomic mass is 8.96. The summed E-state index contributed by atoms with van der Waals surface area (Å²) in [7, 11) is 0. The van der Waals surface area contributed by atoms with Gasteiger partial charge in [-0.2, -0.15) is 0 Å². The molecule has 0 aromatic carbocycles. The molecule has 0 N–H and O–H groups in total. The predicted octanol–water partition coefficient (Wildman–Crippen LogP) is 6.94. The summed E-state index contributed by atoms with van der Waals surface area (Å²) in [5.74, 6) is 0. The van der Waals surface area contributed by atoms with Crippen LogP contribution in [0.15, 0.2) is 0 Å². The molecule has 3 rings (SSSR count). The van der Waals surface area contributed by atoms with Crippen LogP contribution in [-0.2, 0) is 0 Å². The van der Waals surface area contributed by atoms with Gasteiger partial charge in [-0.3, -0.25) is 0 Å². The van der Waals surface area contributed by atoms with Crippen molar-refractivity contribution in [2.45, 2.75) is 95.9 Å². The van der Waals surface area contributed by atoms with Crippen molar-refractivity contribution in [2.75, 3.05) is 0 Å². The maximum atomic E-state index is 2.66. The van der Waals surface area contributed by atoms with Crippen molar-refractivity contribution in [3.8, 4) is 0 Å². The van der Waals surface area contributed by atoms with Gasteiger partial charge in [-0.05, 0) is 56.2 Å². The van der Waals surface area contributed by atoms with Crippen LogP contribution in [0.2, 0.25) is 0 Å². The summed E-state index contributed by atoms with van der Waals surface area (Å²) >= 11 is 0. The molecule has 0 radical (unpaired) electrons. The quantitative estimate of drug-likeness (QED) is 0.518. The van der Waals surface area contributed by atoms with Crippen LogP contribution in [0.3, 0.4) is 0 Å². The first-order valence-corrected chi connectivity index (χ1v) is 9.62. The molecule has 6 unspecified atom stereocenters. The van der Waals surface area contributed by atoms with E-state index in [0.717, 1.165) is 0 Å². The molecule has 0 saturated heterocycles. The molecule has 0 amide bonds. The average molecular weight is 305 g/mol. The summed E-state index contributed by atoms with van der Waals surface area (Å²) in [6.45, 7) is 30.9. The van der Waals surface area contributed by atoms with Crippen molar-refractivity contribution in [2.24, 2.45) is 43.3 Å². The molecule has 0 heteroatoms. The van der Waals surface area contributed by atoms with Gasteiger partial charge in [0, 0.05) is 0 Å². The molecule has 0 aliphatic heterocycles. The zero-order chi connectivity index (χ0) is 17.4. The van der Waals surface area contributed by atoms with Crippen molar-refractivity contribution in [3.63, 3.8) is 0 Å². The van der Waals surface area contributed by atoms with Crippen LogP contribution in [0.1, 0.15) is 95.9 Å². The molecule has 22 heavy (non-hydrogen) atoms. The van der Waals surface area contributed by atoms with Crippen LogP contribution in [0.4, 0.5) is 0 Å². The van der Waals surface area contributed by atoms with Gasteiger partial charge in [0.2, 0.25) is 0 Å². The smallest absolute Gasteiger partial charge is 0.0137 e. The first-order chi connectivity index (χ1) is 9.62. The van der Waals surface area contributed by atoms with Gasteiger partial charge in [-0.1, -0.05) is 83.1 Å². The third-order valence-corrected chi connectivity index (χ3v) is 12.9. The van der Waals surface area contributed by atoms with Crippen molar-refractivity contribution < 1.29 is 0 Å². The number of fused-ring (bicyclic) bond motifs is 4. The second kappa shape index (κ2) is 3.36. The fraction of sp³-hybridized carbons (Fsp3) is 1.00. The average Bonchev–Trinajstić information content (AvgIpc) is 2.47. The maximum Gasteiger partial charge on any atom is -0.0137 e. The summed E-state index contributed by atoms with van der Waals surface area (Å²) in [5, 5.41) is 0. The van der Waals surface area contributed by atoms with E-state index in [1.54, 1.807) is 0 Å². The predicted molar refractivity (Wildman–Crippen MR) is 96.8 cm³/mol. The molecule has 3 aliphatic rings. The van der Waals surface area contributed by atoms with Gasteiger partial charge < -0.3 is 0 Å². The largest absolute Gasteiger partial charge is 0.0648 e. The Bertz CT molecular complexity index is 506. The monoisotopic (exact) mass is 304 g/mol. The van der Waals surface area contributed by atoms with Crippen LogP contribution in [0.5, 0.6) is 0 Å². The van der Waals surface area contributed by atoms with Crippen LogP contribution >= 0.6 is 0 Å². The normalized spacial score (nSPS) is 63.8. The molecule has 0 nitrogen and oxygen atoms in total. The number of hydrogen-bond donors (Lipinski definition) is 0. The zero-order valence-corrected chi connectivity index (χ0v) is 17.4. The second-order valence-corrected chi connectivity index (χ2v) is 11.1. The van der Waals surface area contributed by atoms with E-state index in [-0.39, 0.29) is 0 Å². The molecule has 3 fully saturated rings. The van der Waals surface area contributed by atoms with E-state index >= 15 is 0 Å². The van der Waals surface area contributed by atoms with E-state index in [4.69, 9.17) is 0 Å². The molecule has 0 aromatic rings. The van der Waals surface area contributed by atoms with Crippen molar-refractivity contribution >= 4 is 0 Å². The van der Waals surface area contributed by atoms with Crippen LogP contribution in [-0.4, -0.2) is 0 Å². The topological polar surface area (TPSA) is 0 Å². The third kappa shape index (κ3) is 0.783. The van der Waals surface area contributed by atoms with E-state index in [0.29, 0.717) is 43.3 Å². The van der Waals surface area contributed by atoms with Gasteiger partial charge in [-0.25, -0.2) is 0 Å². The Morgan fingerprint density at radius 1 is 0.409 bits per heavy atom. The summed E-state index contributed by atoms with van der Waals surface area (Å²) < 4.78 is 0. The molecule has 6 atom stereocenters. The molecule has 128 valence electrons. The molecule has 3 saturated carbocycles. The highest BCUT2D eigenvalue weighted by molar-refractivity contribution is 5.51. The van der Waals surface area contributed by atoms with E-state index in [1.165, 1.54) is 12.8 Å². The third-order valence-electron chi connectivity index (χ3n) is 12.9. The highest BCUT2D eigenvalue weighted by Gasteiger charge is 3.04. The Kier molecular flexibility index (Phi) is 2.57. The minimum Gasteiger partial charge on any atom is -0.0648 e. The lowest BCUT2D eigenvalue weighted by Crippen LogP contribution is -3.03. The summed E-state index contributed by atoms with van der Waals surface area (Å²) in [4.78, 5) is 0. The standard InChI is InChI=1S/C22H40/c1-13-17(7)18(8,14-2)22(12)20(10)16(5,6)15(3,4)19(20,9)21(17,22)11/h13-14H2,1-12H3. The minimum atomic E-state index is 0.397.